The first-order valence-electron chi connectivity index (χ1n) is 5.36. The minimum atomic E-state index is -0.359. The third kappa shape index (κ3) is 2.69. The van der Waals surface area contributed by atoms with E-state index in [2.05, 4.69) is 43.3 Å². The first-order chi connectivity index (χ1) is 8.52. The zero-order chi connectivity index (χ0) is 13.3. The van der Waals surface area contributed by atoms with Crippen LogP contribution in [0, 0.1) is 9.49 Å². The van der Waals surface area contributed by atoms with Crippen LogP contribution in [0.25, 0.3) is 0 Å². The highest BCUT2D eigenvalue weighted by atomic mass is 127. The molecule has 0 spiro atoms. The monoisotopic (exact) mass is 423 g/mol. The fourth-order valence-electron chi connectivity index (χ4n) is 1.97. The van der Waals surface area contributed by atoms with Crippen molar-refractivity contribution in [2.75, 3.05) is 18.6 Å². The van der Waals surface area contributed by atoms with Gasteiger partial charge in [-0.05, 0) is 40.8 Å². The maximum atomic E-state index is 11.9. The molecule has 6 heteroatoms. The summed E-state index contributed by atoms with van der Waals surface area (Å²) in [5, 5.41) is 0. The van der Waals surface area contributed by atoms with Gasteiger partial charge in [0, 0.05) is 21.0 Å². The quantitative estimate of drug-likeness (QED) is 0.542. The van der Waals surface area contributed by atoms with Gasteiger partial charge in [0.15, 0.2) is 0 Å². The Bertz CT molecular complexity index is 506. The molecule has 1 heterocycles. The minimum absolute atomic E-state index is 0.0364. The standard InChI is InChI=1S/C12H11BrINO3/c1-18-12(17)7-4-11(16)15(6-7)10-3-2-8(13)5-9(10)14/h2-3,5,7H,4,6H2,1H3. The van der Waals surface area contributed by atoms with E-state index in [1.165, 1.54) is 7.11 Å². The van der Waals surface area contributed by atoms with Gasteiger partial charge in [0.05, 0.1) is 18.7 Å². The highest BCUT2D eigenvalue weighted by Gasteiger charge is 2.36. The number of halogens is 2. The molecule has 1 aliphatic heterocycles. The molecule has 1 aliphatic rings. The summed E-state index contributed by atoms with van der Waals surface area (Å²) in [6.07, 6.45) is 0.221. The van der Waals surface area contributed by atoms with Crippen molar-refractivity contribution in [1.29, 1.82) is 0 Å². The van der Waals surface area contributed by atoms with Crippen molar-refractivity contribution < 1.29 is 14.3 Å². The number of esters is 1. The maximum absolute atomic E-state index is 11.9. The molecular weight excluding hydrogens is 413 g/mol. The molecule has 1 aromatic rings. The van der Waals surface area contributed by atoms with Crippen LogP contribution < -0.4 is 4.90 Å². The first kappa shape index (κ1) is 13.8. The van der Waals surface area contributed by atoms with Crippen LogP contribution in [-0.2, 0) is 14.3 Å². The van der Waals surface area contributed by atoms with Crippen LogP contribution in [-0.4, -0.2) is 25.5 Å². The fraction of sp³-hybridized carbons (Fsp3) is 0.333. The number of anilines is 1. The lowest BCUT2D eigenvalue weighted by Gasteiger charge is -2.18. The number of ether oxygens (including phenoxy) is 1. The van der Waals surface area contributed by atoms with Crippen LogP contribution in [0.5, 0.6) is 0 Å². The largest absolute Gasteiger partial charge is 0.469 e. The van der Waals surface area contributed by atoms with E-state index in [0.29, 0.717) is 6.54 Å². The van der Waals surface area contributed by atoms with Gasteiger partial charge < -0.3 is 9.64 Å². The number of hydrogen-bond acceptors (Lipinski definition) is 3. The summed E-state index contributed by atoms with van der Waals surface area (Å²) >= 11 is 5.56. The molecule has 1 saturated heterocycles. The van der Waals surface area contributed by atoms with E-state index in [-0.39, 0.29) is 24.2 Å². The van der Waals surface area contributed by atoms with E-state index < -0.39 is 0 Å². The Kier molecular flexibility index (Phi) is 4.26. The molecule has 18 heavy (non-hydrogen) atoms. The SMILES string of the molecule is COC(=O)C1CC(=O)N(c2ccc(Br)cc2I)C1. The number of benzene rings is 1. The number of methoxy groups -OCH3 is 1. The Morgan fingerprint density at radius 2 is 2.28 bits per heavy atom. The van der Waals surface area contributed by atoms with Crippen molar-refractivity contribution in [1.82, 2.24) is 0 Å². The molecule has 0 saturated carbocycles. The van der Waals surface area contributed by atoms with Gasteiger partial charge in [-0.25, -0.2) is 0 Å². The first-order valence-corrected chi connectivity index (χ1v) is 7.23. The summed E-state index contributed by atoms with van der Waals surface area (Å²) in [5.74, 6) is -0.717. The second kappa shape index (κ2) is 5.56. The van der Waals surface area contributed by atoms with Crippen LogP contribution in [0.1, 0.15) is 6.42 Å². The molecule has 1 fully saturated rings. The summed E-state index contributed by atoms with van der Waals surface area (Å²) < 4.78 is 6.63. The maximum Gasteiger partial charge on any atom is 0.311 e. The van der Waals surface area contributed by atoms with E-state index in [0.717, 1.165) is 13.7 Å². The van der Waals surface area contributed by atoms with Crippen molar-refractivity contribution >= 4 is 56.1 Å². The molecule has 0 bridgehead atoms. The predicted molar refractivity (Wildman–Crippen MR) is 79.3 cm³/mol. The number of carbonyl (C=O) groups excluding carboxylic acids is 2. The molecule has 1 atom stereocenters. The van der Waals surface area contributed by atoms with Crippen molar-refractivity contribution in [3.63, 3.8) is 0 Å². The van der Waals surface area contributed by atoms with Crippen molar-refractivity contribution in [3.8, 4) is 0 Å². The van der Waals surface area contributed by atoms with E-state index >= 15 is 0 Å². The minimum Gasteiger partial charge on any atom is -0.469 e. The van der Waals surface area contributed by atoms with Crippen LogP contribution >= 0.6 is 38.5 Å². The highest BCUT2D eigenvalue weighted by Crippen LogP contribution is 2.31. The molecule has 1 aromatic carbocycles. The molecular formula is C12H11BrINO3. The normalized spacial score (nSPS) is 19.2. The summed E-state index contributed by atoms with van der Waals surface area (Å²) in [6, 6.07) is 5.70. The van der Waals surface area contributed by atoms with Crippen LogP contribution in [0.15, 0.2) is 22.7 Å². The van der Waals surface area contributed by atoms with E-state index in [1.807, 2.05) is 18.2 Å². The van der Waals surface area contributed by atoms with Gasteiger partial charge in [-0.2, -0.15) is 0 Å². The summed E-state index contributed by atoms with van der Waals surface area (Å²) in [5.41, 5.74) is 0.843. The molecule has 0 radical (unpaired) electrons. The third-order valence-electron chi connectivity index (χ3n) is 2.86. The van der Waals surface area contributed by atoms with Crippen molar-refractivity contribution in [2.45, 2.75) is 6.42 Å². The highest BCUT2D eigenvalue weighted by molar-refractivity contribution is 14.1. The van der Waals surface area contributed by atoms with Gasteiger partial charge in [0.1, 0.15) is 0 Å². The van der Waals surface area contributed by atoms with E-state index in [4.69, 9.17) is 0 Å². The van der Waals surface area contributed by atoms with Crippen molar-refractivity contribution in [2.24, 2.45) is 5.92 Å². The summed E-state index contributed by atoms with van der Waals surface area (Å²) in [4.78, 5) is 25.1. The lowest BCUT2D eigenvalue weighted by Crippen LogP contribution is -2.26. The average molecular weight is 424 g/mol. The number of amides is 1. The van der Waals surface area contributed by atoms with Gasteiger partial charge in [0.25, 0.3) is 0 Å². The van der Waals surface area contributed by atoms with E-state index in [9.17, 15) is 9.59 Å². The Hall–Kier alpha value is -0.630. The number of carbonyl (C=O) groups is 2. The van der Waals surface area contributed by atoms with Gasteiger partial charge in [0.2, 0.25) is 5.91 Å². The topological polar surface area (TPSA) is 46.6 Å². The van der Waals surface area contributed by atoms with Gasteiger partial charge >= 0.3 is 5.97 Å². The third-order valence-corrected chi connectivity index (χ3v) is 4.22. The fourth-order valence-corrected chi connectivity index (χ4v) is 3.56. The Morgan fingerprint density at radius 3 is 2.89 bits per heavy atom. The van der Waals surface area contributed by atoms with Gasteiger partial charge in [-0.3, -0.25) is 9.59 Å². The predicted octanol–water partition coefficient (Wildman–Crippen LogP) is 2.58. The summed E-state index contributed by atoms with van der Waals surface area (Å²) in [7, 11) is 1.35. The smallest absolute Gasteiger partial charge is 0.311 e. The molecule has 96 valence electrons. The zero-order valence-electron chi connectivity index (χ0n) is 9.65. The van der Waals surface area contributed by atoms with Crippen LogP contribution in [0.3, 0.4) is 0 Å². The van der Waals surface area contributed by atoms with E-state index in [1.54, 1.807) is 4.90 Å². The average Bonchev–Trinajstić information content (AvgIpc) is 2.70. The van der Waals surface area contributed by atoms with Gasteiger partial charge in [-0.15, -0.1) is 0 Å². The zero-order valence-corrected chi connectivity index (χ0v) is 13.4. The Morgan fingerprint density at radius 1 is 1.56 bits per heavy atom. The molecule has 1 unspecified atom stereocenters. The second-order valence-electron chi connectivity index (χ2n) is 4.02. The summed E-state index contributed by atoms with van der Waals surface area (Å²) in [6.45, 7) is 0.392. The number of rotatable bonds is 2. The Labute approximate surface area is 127 Å². The Balaban J connectivity index is 2.24. The molecule has 0 aliphatic carbocycles. The molecule has 0 aromatic heterocycles. The van der Waals surface area contributed by atoms with Crippen LogP contribution in [0.4, 0.5) is 5.69 Å². The molecule has 2 rings (SSSR count). The number of hydrogen-bond donors (Lipinski definition) is 0. The molecule has 4 nitrogen and oxygen atoms in total. The number of nitrogens with zero attached hydrogens (tertiary/aromatic N) is 1. The van der Waals surface area contributed by atoms with Crippen molar-refractivity contribution in [3.05, 3.63) is 26.2 Å². The molecule has 1 amide bonds. The lowest BCUT2D eigenvalue weighted by molar-refractivity contribution is -0.145. The lowest BCUT2D eigenvalue weighted by atomic mass is 10.1. The van der Waals surface area contributed by atoms with Gasteiger partial charge in [-0.1, -0.05) is 15.9 Å². The second-order valence-corrected chi connectivity index (χ2v) is 6.10. The molecule has 0 N–H and O–H groups in total. The van der Waals surface area contributed by atoms with Crippen LogP contribution in [0.2, 0.25) is 0 Å².